The van der Waals surface area contributed by atoms with Crippen LogP contribution in [0.5, 0.6) is 0 Å². The van der Waals surface area contributed by atoms with E-state index in [2.05, 4.69) is 21.9 Å². The minimum atomic E-state index is -4.41. The molecule has 0 radical (unpaired) electrons. The Bertz CT molecular complexity index is 1110. The molecule has 1 fully saturated rings. The van der Waals surface area contributed by atoms with Crippen LogP contribution in [-0.4, -0.2) is 53.0 Å². The smallest absolute Gasteiger partial charge is 0.379 e. The summed E-state index contributed by atoms with van der Waals surface area (Å²) in [5, 5.41) is 3.66. The van der Waals surface area contributed by atoms with Crippen LogP contribution in [0.2, 0.25) is 0 Å². The molecule has 0 spiro atoms. The van der Waals surface area contributed by atoms with Gasteiger partial charge in [-0.15, -0.1) is 0 Å². The van der Waals surface area contributed by atoms with E-state index in [9.17, 15) is 19.0 Å². The van der Waals surface area contributed by atoms with Crippen molar-refractivity contribution in [2.24, 2.45) is 5.11 Å². The third-order valence-electron chi connectivity index (χ3n) is 7.39. The number of phosphoric ester groups is 1. The van der Waals surface area contributed by atoms with Crippen LogP contribution in [0.15, 0.2) is 20.9 Å². The van der Waals surface area contributed by atoms with Gasteiger partial charge in [0, 0.05) is 29.7 Å². The Morgan fingerprint density at radius 3 is 2.19 bits per heavy atom. The van der Waals surface area contributed by atoms with Crippen LogP contribution in [-0.2, 0) is 23.1 Å². The van der Waals surface area contributed by atoms with Crippen molar-refractivity contribution in [1.29, 1.82) is 0 Å². The highest BCUT2D eigenvalue weighted by molar-refractivity contribution is 7.47. The topological polar surface area (TPSA) is 178 Å². The Kier molecular flexibility index (Phi) is 18.0. The van der Waals surface area contributed by atoms with E-state index in [0.717, 1.165) is 12.8 Å². The number of aromatic nitrogens is 2. The van der Waals surface area contributed by atoms with Gasteiger partial charge in [-0.25, -0.2) is 9.36 Å². The lowest BCUT2D eigenvalue weighted by Gasteiger charge is -2.18. The summed E-state index contributed by atoms with van der Waals surface area (Å²) in [6.07, 6.45) is 17.7. The fourth-order valence-corrected chi connectivity index (χ4v) is 5.66. The molecule has 240 valence electrons. The quantitative estimate of drug-likeness (QED) is 0.0438. The Labute approximate surface area is 248 Å². The van der Waals surface area contributed by atoms with Crippen LogP contribution < -0.4 is 11.2 Å². The molecule has 0 amide bonds. The summed E-state index contributed by atoms with van der Waals surface area (Å²) in [4.78, 5) is 38.8. The Morgan fingerprint density at radius 2 is 1.60 bits per heavy atom. The van der Waals surface area contributed by atoms with E-state index in [1.54, 1.807) is 0 Å². The Morgan fingerprint density at radius 1 is 1.00 bits per heavy atom. The second-order valence-corrected chi connectivity index (χ2v) is 12.4. The summed E-state index contributed by atoms with van der Waals surface area (Å²) in [5.74, 6) is 0. The van der Waals surface area contributed by atoms with E-state index in [1.165, 1.54) is 94.7 Å². The van der Waals surface area contributed by atoms with E-state index in [0.29, 0.717) is 12.2 Å². The summed E-state index contributed by atoms with van der Waals surface area (Å²) in [6, 6.07) is -0.757. The molecule has 2 rings (SSSR count). The number of aryl methyl sites for hydroxylation is 1. The number of azide groups is 1. The molecule has 1 aromatic heterocycles. The van der Waals surface area contributed by atoms with Gasteiger partial charge < -0.3 is 14.4 Å². The van der Waals surface area contributed by atoms with Crippen LogP contribution in [0, 0.1) is 6.92 Å². The number of hydrogen-bond donors (Lipinski definition) is 2. The van der Waals surface area contributed by atoms with E-state index in [-0.39, 0.29) is 19.6 Å². The van der Waals surface area contributed by atoms with Crippen LogP contribution in [0.25, 0.3) is 10.4 Å². The first-order chi connectivity index (χ1) is 20.3. The average Bonchev–Trinajstić information content (AvgIpc) is 3.36. The molecule has 0 aliphatic carbocycles. The average molecular weight is 616 g/mol. The molecule has 0 aromatic carbocycles. The number of H-pyrrole nitrogens is 1. The van der Waals surface area contributed by atoms with Crippen molar-refractivity contribution in [3.05, 3.63) is 43.0 Å². The lowest BCUT2D eigenvalue weighted by atomic mass is 10.0. The van der Waals surface area contributed by atoms with Crippen molar-refractivity contribution in [2.45, 2.75) is 129 Å². The molecule has 4 atom stereocenters. The number of rotatable bonds is 24. The standard InChI is InChI=1S/C28H50N5O8P/c1-3-4-5-6-7-8-9-10-11-12-13-14-15-16-17-38-18-19-39-42(36,37)40-22-25-24(31-32-29)20-26(41-25)33-21-23(2)27(34)30-28(33)35/h21,24-26H,3-20,22H2,1-2H3,(H,36,37)(H,30,34,35)/t24-,25+,26+/m0/s1. The van der Waals surface area contributed by atoms with Crippen LogP contribution in [0.4, 0.5) is 0 Å². The molecule has 1 aromatic rings. The van der Waals surface area contributed by atoms with E-state index in [1.807, 2.05) is 0 Å². The van der Waals surface area contributed by atoms with Gasteiger partial charge in [-0.2, -0.15) is 0 Å². The summed E-state index contributed by atoms with van der Waals surface area (Å²) in [7, 11) is -4.41. The van der Waals surface area contributed by atoms with Crippen molar-refractivity contribution in [3.63, 3.8) is 0 Å². The summed E-state index contributed by atoms with van der Waals surface area (Å²) in [5.41, 5.74) is 8.00. The van der Waals surface area contributed by atoms with Crippen molar-refractivity contribution in [1.82, 2.24) is 9.55 Å². The molecular formula is C28H50N5O8P. The van der Waals surface area contributed by atoms with Gasteiger partial charge in [0.05, 0.1) is 32.0 Å². The highest BCUT2D eigenvalue weighted by atomic mass is 31.2. The fraction of sp³-hybridized carbons (Fsp3) is 0.857. The van der Waals surface area contributed by atoms with Crippen molar-refractivity contribution < 1.29 is 28.0 Å². The van der Waals surface area contributed by atoms with E-state index < -0.39 is 44.1 Å². The van der Waals surface area contributed by atoms with Gasteiger partial charge in [0.1, 0.15) is 6.23 Å². The zero-order valence-electron chi connectivity index (χ0n) is 25.3. The summed E-state index contributed by atoms with van der Waals surface area (Å²) < 4.78 is 34.8. The van der Waals surface area contributed by atoms with Gasteiger partial charge in [0.25, 0.3) is 5.56 Å². The largest absolute Gasteiger partial charge is 0.472 e. The second kappa shape index (κ2) is 20.8. The molecule has 1 unspecified atom stereocenters. The van der Waals surface area contributed by atoms with Gasteiger partial charge >= 0.3 is 13.5 Å². The molecule has 2 N–H and O–H groups in total. The summed E-state index contributed by atoms with van der Waals surface area (Å²) in [6.45, 7) is 3.99. The van der Waals surface area contributed by atoms with Crippen LogP contribution in [0.1, 0.15) is 115 Å². The maximum Gasteiger partial charge on any atom is 0.472 e. The number of nitrogens with one attached hydrogen (secondary N) is 1. The van der Waals surface area contributed by atoms with Crippen molar-refractivity contribution >= 4 is 7.82 Å². The number of nitrogens with zero attached hydrogens (tertiary/aromatic N) is 4. The molecule has 0 bridgehead atoms. The van der Waals surface area contributed by atoms with Crippen LogP contribution in [0.3, 0.4) is 0 Å². The number of phosphoric acid groups is 1. The molecular weight excluding hydrogens is 565 g/mol. The lowest BCUT2D eigenvalue weighted by molar-refractivity contribution is -0.0293. The van der Waals surface area contributed by atoms with Crippen LogP contribution >= 0.6 is 7.82 Å². The normalized spacial score (nSPS) is 19.9. The minimum Gasteiger partial charge on any atom is -0.379 e. The predicted molar refractivity (Wildman–Crippen MR) is 160 cm³/mol. The van der Waals surface area contributed by atoms with E-state index in [4.69, 9.17) is 24.1 Å². The monoisotopic (exact) mass is 615 g/mol. The summed E-state index contributed by atoms with van der Waals surface area (Å²) >= 11 is 0. The molecule has 1 aliphatic rings. The van der Waals surface area contributed by atoms with Gasteiger partial charge in [-0.1, -0.05) is 95.5 Å². The first-order valence-corrected chi connectivity index (χ1v) is 17.0. The van der Waals surface area contributed by atoms with Gasteiger partial charge in [0.15, 0.2) is 0 Å². The third-order valence-corrected chi connectivity index (χ3v) is 8.37. The number of unbranched alkanes of at least 4 members (excludes halogenated alkanes) is 13. The van der Waals surface area contributed by atoms with Gasteiger partial charge in [0.2, 0.25) is 0 Å². The Hall–Kier alpha value is -1.98. The molecule has 14 heteroatoms. The number of aromatic amines is 1. The zero-order valence-corrected chi connectivity index (χ0v) is 26.2. The maximum absolute atomic E-state index is 12.3. The zero-order chi connectivity index (χ0) is 30.6. The first-order valence-electron chi connectivity index (χ1n) is 15.5. The lowest BCUT2D eigenvalue weighted by Crippen LogP contribution is -2.33. The van der Waals surface area contributed by atoms with Gasteiger partial charge in [-0.3, -0.25) is 23.4 Å². The fourth-order valence-electron chi connectivity index (χ4n) is 4.94. The molecule has 2 heterocycles. The third kappa shape index (κ3) is 14.5. The predicted octanol–water partition coefficient (Wildman–Crippen LogP) is 6.44. The minimum absolute atomic E-state index is 0.118. The Balaban J connectivity index is 1.53. The molecule has 1 aliphatic heterocycles. The molecule has 42 heavy (non-hydrogen) atoms. The molecule has 0 saturated carbocycles. The first kappa shape index (κ1) is 36.2. The van der Waals surface area contributed by atoms with Gasteiger partial charge in [-0.05, 0) is 18.9 Å². The van der Waals surface area contributed by atoms with E-state index >= 15 is 0 Å². The number of hydrogen-bond acceptors (Lipinski definition) is 8. The SMILES string of the molecule is CCCCCCCCCCCCCCCCOCCOP(=O)(O)OC[C@H]1O[C@@H](n2cc(C)c(=O)[nH]c2=O)C[C@@H]1N=[N+]=[N-]. The van der Waals surface area contributed by atoms with Crippen molar-refractivity contribution in [2.75, 3.05) is 26.4 Å². The molecule has 1 saturated heterocycles. The highest BCUT2D eigenvalue weighted by Gasteiger charge is 2.38. The second-order valence-electron chi connectivity index (χ2n) is 10.9. The highest BCUT2D eigenvalue weighted by Crippen LogP contribution is 2.44. The number of ether oxygens (including phenoxy) is 2. The van der Waals surface area contributed by atoms with Crippen molar-refractivity contribution in [3.8, 4) is 0 Å². The molecule has 13 nitrogen and oxygen atoms in total. The maximum atomic E-state index is 12.3.